The first-order chi connectivity index (χ1) is 8.58. The van der Waals surface area contributed by atoms with E-state index in [1.807, 2.05) is 37.4 Å². The van der Waals surface area contributed by atoms with Crippen molar-refractivity contribution in [2.75, 3.05) is 19.9 Å². The molecule has 3 nitrogen and oxygen atoms in total. The van der Waals surface area contributed by atoms with Crippen molar-refractivity contribution < 1.29 is 9.53 Å². The van der Waals surface area contributed by atoms with Gasteiger partial charge in [-0.2, -0.15) is 0 Å². The maximum Gasteiger partial charge on any atom is 0.330 e. The lowest BCUT2D eigenvalue weighted by atomic mass is 9.92. The molecule has 0 amide bonds. The Bertz CT molecular complexity index is 416. The van der Waals surface area contributed by atoms with Crippen LogP contribution in [0, 0.1) is 0 Å². The van der Waals surface area contributed by atoms with Gasteiger partial charge in [-0.25, -0.2) is 4.79 Å². The molecule has 1 N–H and O–H groups in total. The van der Waals surface area contributed by atoms with Crippen LogP contribution < -0.4 is 5.32 Å². The molecule has 0 radical (unpaired) electrons. The van der Waals surface area contributed by atoms with E-state index < -0.39 is 5.54 Å². The Kier molecular flexibility index (Phi) is 5.44. The minimum absolute atomic E-state index is 0.304. The lowest BCUT2D eigenvalue weighted by molar-refractivity contribution is -0.148. The number of benzene rings is 1. The SMILES string of the molecule is C=CCNC(C)(C(=O)OC)c1ccc(SC)cc1. The Morgan fingerprint density at radius 1 is 1.50 bits per heavy atom. The van der Waals surface area contributed by atoms with Crippen molar-refractivity contribution in [2.45, 2.75) is 17.4 Å². The zero-order valence-corrected chi connectivity index (χ0v) is 11.8. The average molecular weight is 265 g/mol. The van der Waals surface area contributed by atoms with Gasteiger partial charge in [-0.3, -0.25) is 5.32 Å². The van der Waals surface area contributed by atoms with E-state index in [-0.39, 0.29) is 5.97 Å². The van der Waals surface area contributed by atoms with Crippen LogP contribution in [0.2, 0.25) is 0 Å². The second kappa shape index (κ2) is 6.61. The fourth-order valence-electron chi connectivity index (χ4n) is 1.70. The van der Waals surface area contributed by atoms with Gasteiger partial charge in [0.15, 0.2) is 0 Å². The molecule has 0 aliphatic rings. The highest BCUT2D eigenvalue weighted by molar-refractivity contribution is 7.98. The molecule has 0 heterocycles. The minimum Gasteiger partial charge on any atom is -0.467 e. The van der Waals surface area contributed by atoms with Crippen LogP contribution in [0.1, 0.15) is 12.5 Å². The van der Waals surface area contributed by atoms with Crippen LogP contribution in [0.15, 0.2) is 41.8 Å². The third-order valence-electron chi connectivity index (χ3n) is 2.86. The van der Waals surface area contributed by atoms with Crippen LogP contribution >= 0.6 is 11.8 Å². The number of nitrogens with one attached hydrogen (secondary N) is 1. The van der Waals surface area contributed by atoms with E-state index in [0.717, 1.165) is 10.5 Å². The molecule has 0 saturated carbocycles. The van der Waals surface area contributed by atoms with Gasteiger partial charge in [0.05, 0.1) is 7.11 Å². The van der Waals surface area contributed by atoms with E-state index in [0.29, 0.717) is 6.54 Å². The Labute approximate surface area is 113 Å². The predicted octanol–water partition coefficient (Wildman–Crippen LogP) is 2.57. The summed E-state index contributed by atoms with van der Waals surface area (Å²) in [6, 6.07) is 7.88. The number of rotatable bonds is 6. The van der Waals surface area contributed by atoms with Crippen LogP contribution in [-0.2, 0) is 15.1 Å². The first-order valence-electron chi connectivity index (χ1n) is 5.67. The third-order valence-corrected chi connectivity index (χ3v) is 3.60. The van der Waals surface area contributed by atoms with Gasteiger partial charge in [-0.15, -0.1) is 18.3 Å². The van der Waals surface area contributed by atoms with E-state index >= 15 is 0 Å². The number of ether oxygens (including phenoxy) is 1. The number of hydrogen-bond donors (Lipinski definition) is 1. The highest BCUT2D eigenvalue weighted by Gasteiger charge is 2.35. The Balaban J connectivity index is 3.07. The van der Waals surface area contributed by atoms with Crippen molar-refractivity contribution in [2.24, 2.45) is 0 Å². The molecule has 1 aromatic rings. The quantitative estimate of drug-likeness (QED) is 0.487. The smallest absolute Gasteiger partial charge is 0.330 e. The zero-order chi connectivity index (χ0) is 13.6. The third kappa shape index (κ3) is 3.15. The summed E-state index contributed by atoms with van der Waals surface area (Å²) in [5, 5.41) is 3.15. The monoisotopic (exact) mass is 265 g/mol. The molecule has 0 saturated heterocycles. The highest BCUT2D eigenvalue weighted by atomic mass is 32.2. The van der Waals surface area contributed by atoms with Crippen LogP contribution in [0.4, 0.5) is 0 Å². The molecule has 0 bridgehead atoms. The van der Waals surface area contributed by atoms with Crippen LogP contribution in [0.3, 0.4) is 0 Å². The number of carbonyl (C=O) groups excluding carboxylic acids is 1. The summed E-state index contributed by atoms with van der Waals surface area (Å²) in [6.45, 7) is 6.01. The minimum atomic E-state index is -0.847. The van der Waals surface area contributed by atoms with Crippen LogP contribution in [-0.4, -0.2) is 25.9 Å². The molecule has 0 aliphatic carbocycles. The molecule has 0 aromatic heterocycles. The molecule has 1 aromatic carbocycles. The normalized spacial score (nSPS) is 13.7. The standard InChI is InChI=1S/C14H19NO2S/c1-5-10-15-14(2,13(16)17-3)11-6-8-12(18-4)9-7-11/h5-9,15H,1,10H2,2-4H3. The number of carbonyl (C=O) groups is 1. The van der Waals surface area contributed by atoms with Crippen LogP contribution in [0.5, 0.6) is 0 Å². The molecule has 1 unspecified atom stereocenters. The molecule has 0 aliphatic heterocycles. The van der Waals surface area contributed by atoms with Gasteiger partial charge in [0.1, 0.15) is 5.54 Å². The van der Waals surface area contributed by atoms with E-state index in [4.69, 9.17) is 4.74 Å². The molecular formula is C14H19NO2S. The average Bonchev–Trinajstić information content (AvgIpc) is 2.43. The fraction of sp³-hybridized carbons (Fsp3) is 0.357. The maximum absolute atomic E-state index is 12.0. The first-order valence-corrected chi connectivity index (χ1v) is 6.90. The van der Waals surface area contributed by atoms with Gasteiger partial charge in [0.25, 0.3) is 0 Å². The van der Waals surface area contributed by atoms with Crippen molar-refractivity contribution in [1.29, 1.82) is 0 Å². The molecule has 1 atom stereocenters. The summed E-state index contributed by atoms with van der Waals surface area (Å²) in [7, 11) is 1.40. The fourth-order valence-corrected chi connectivity index (χ4v) is 2.11. The number of hydrogen-bond acceptors (Lipinski definition) is 4. The summed E-state index contributed by atoms with van der Waals surface area (Å²) < 4.78 is 4.88. The summed E-state index contributed by atoms with van der Waals surface area (Å²) in [6.07, 6.45) is 3.74. The van der Waals surface area contributed by atoms with Gasteiger partial charge in [0, 0.05) is 11.4 Å². The predicted molar refractivity (Wildman–Crippen MR) is 75.8 cm³/mol. The van der Waals surface area contributed by atoms with E-state index in [9.17, 15) is 4.79 Å². The van der Waals surface area contributed by atoms with Crippen molar-refractivity contribution in [3.63, 3.8) is 0 Å². The highest BCUT2D eigenvalue weighted by Crippen LogP contribution is 2.25. The second-order valence-corrected chi connectivity index (χ2v) is 4.89. The number of esters is 1. The van der Waals surface area contributed by atoms with E-state index in [1.54, 1.807) is 17.8 Å². The number of thioether (sulfide) groups is 1. The van der Waals surface area contributed by atoms with E-state index in [2.05, 4.69) is 11.9 Å². The Morgan fingerprint density at radius 3 is 2.56 bits per heavy atom. The molecule has 18 heavy (non-hydrogen) atoms. The van der Waals surface area contributed by atoms with Gasteiger partial charge in [-0.1, -0.05) is 18.2 Å². The second-order valence-electron chi connectivity index (χ2n) is 4.01. The molecule has 1 rings (SSSR count). The molecule has 98 valence electrons. The summed E-state index contributed by atoms with van der Waals surface area (Å²) in [4.78, 5) is 13.1. The van der Waals surface area contributed by atoms with Gasteiger partial charge in [-0.05, 0) is 30.9 Å². The van der Waals surface area contributed by atoms with Gasteiger partial charge < -0.3 is 4.74 Å². The summed E-state index contributed by atoms with van der Waals surface area (Å²) >= 11 is 1.67. The van der Waals surface area contributed by atoms with Crippen molar-refractivity contribution in [3.8, 4) is 0 Å². The van der Waals surface area contributed by atoms with Crippen molar-refractivity contribution >= 4 is 17.7 Å². The van der Waals surface area contributed by atoms with Crippen molar-refractivity contribution in [3.05, 3.63) is 42.5 Å². The van der Waals surface area contributed by atoms with Crippen LogP contribution in [0.25, 0.3) is 0 Å². The Hall–Kier alpha value is -1.26. The van der Waals surface area contributed by atoms with E-state index in [1.165, 1.54) is 7.11 Å². The lowest BCUT2D eigenvalue weighted by Gasteiger charge is -2.28. The van der Waals surface area contributed by atoms with Gasteiger partial charge >= 0.3 is 5.97 Å². The first kappa shape index (κ1) is 14.8. The topological polar surface area (TPSA) is 38.3 Å². The van der Waals surface area contributed by atoms with Crippen molar-refractivity contribution in [1.82, 2.24) is 5.32 Å². The molecular weight excluding hydrogens is 246 g/mol. The maximum atomic E-state index is 12.0. The molecule has 0 fully saturated rings. The largest absolute Gasteiger partial charge is 0.467 e. The molecule has 0 spiro atoms. The lowest BCUT2D eigenvalue weighted by Crippen LogP contribution is -2.47. The zero-order valence-electron chi connectivity index (χ0n) is 11.0. The van der Waals surface area contributed by atoms with Gasteiger partial charge in [0.2, 0.25) is 0 Å². The molecule has 4 heteroatoms. The summed E-state index contributed by atoms with van der Waals surface area (Å²) in [5.41, 5.74) is 0.0360. The number of methoxy groups -OCH3 is 1. The Morgan fingerprint density at radius 2 is 2.11 bits per heavy atom. The summed E-state index contributed by atoms with van der Waals surface area (Å²) in [5.74, 6) is -0.304.